The number of ether oxygens (including phenoxy) is 2. The second kappa shape index (κ2) is 12.9. The van der Waals surface area contributed by atoms with Crippen molar-refractivity contribution in [3.63, 3.8) is 0 Å². The predicted molar refractivity (Wildman–Crippen MR) is 55.4 cm³/mol. The van der Waals surface area contributed by atoms with Gasteiger partial charge in [0.2, 0.25) is 0 Å². The third-order valence-electron chi connectivity index (χ3n) is 1.30. The number of carboxylic acid groups (broad SMARTS) is 1. The third-order valence-corrected chi connectivity index (χ3v) is 1.30. The van der Waals surface area contributed by atoms with E-state index in [2.05, 4.69) is 23.3 Å². The van der Waals surface area contributed by atoms with E-state index in [4.69, 9.17) is 5.11 Å². The van der Waals surface area contributed by atoms with Crippen molar-refractivity contribution in [2.75, 3.05) is 13.4 Å². The zero-order chi connectivity index (χ0) is 12.1. The summed E-state index contributed by atoms with van der Waals surface area (Å²) in [7, 11) is 0. The molecule has 1 N–H and O–H groups in total. The number of hydrogen-bond acceptors (Lipinski definition) is 4. The van der Waals surface area contributed by atoms with Gasteiger partial charge in [-0.3, -0.25) is 9.59 Å². The van der Waals surface area contributed by atoms with Gasteiger partial charge >= 0.3 is 11.9 Å². The van der Waals surface area contributed by atoms with E-state index in [-0.39, 0.29) is 6.79 Å². The number of carbonyl (C=O) groups excluding carboxylic acids is 1. The number of rotatable bonds is 6. The molecular formula is C10H20O5. The van der Waals surface area contributed by atoms with Crippen molar-refractivity contribution < 1.29 is 24.2 Å². The summed E-state index contributed by atoms with van der Waals surface area (Å²) in [4.78, 5) is 20.3. The average molecular weight is 220 g/mol. The standard InChI is InChI=1S/C6H10O5.C4H10/c1-2-10-4-11-6(9)3-5(7)8;1-3-4-2/h2-4H2,1H3,(H,7,8);3-4H2,1-2H3. The fraction of sp³-hybridized carbons (Fsp3) is 0.800. The molecule has 0 amide bonds. The van der Waals surface area contributed by atoms with Crippen LogP contribution in [-0.4, -0.2) is 30.4 Å². The molecule has 5 heteroatoms. The minimum absolute atomic E-state index is 0.178. The maximum Gasteiger partial charge on any atom is 0.319 e. The Balaban J connectivity index is 0. The second-order valence-corrected chi connectivity index (χ2v) is 2.70. The van der Waals surface area contributed by atoms with Crippen LogP contribution in [0, 0.1) is 0 Å². The lowest BCUT2D eigenvalue weighted by Crippen LogP contribution is -2.12. The Morgan fingerprint density at radius 1 is 1.13 bits per heavy atom. The molecule has 0 saturated carbocycles. The van der Waals surface area contributed by atoms with E-state index in [1.165, 1.54) is 12.8 Å². The molecule has 0 unspecified atom stereocenters. The lowest BCUT2D eigenvalue weighted by atomic mass is 10.4. The van der Waals surface area contributed by atoms with Crippen molar-refractivity contribution in [1.29, 1.82) is 0 Å². The van der Waals surface area contributed by atoms with Crippen molar-refractivity contribution in [2.24, 2.45) is 0 Å². The Labute approximate surface area is 90.4 Å². The van der Waals surface area contributed by atoms with E-state index in [1.54, 1.807) is 6.92 Å². The Bertz CT molecular complexity index is 165. The molecule has 90 valence electrons. The summed E-state index contributed by atoms with van der Waals surface area (Å²) in [6, 6.07) is 0. The Kier molecular flexibility index (Phi) is 14.0. The molecule has 0 atom stereocenters. The van der Waals surface area contributed by atoms with Gasteiger partial charge in [0, 0.05) is 6.61 Å². The first-order valence-corrected chi connectivity index (χ1v) is 5.03. The van der Waals surface area contributed by atoms with Crippen molar-refractivity contribution in [3.05, 3.63) is 0 Å². The van der Waals surface area contributed by atoms with Crippen molar-refractivity contribution in [3.8, 4) is 0 Å². The quantitative estimate of drug-likeness (QED) is 0.320. The number of carbonyl (C=O) groups is 2. The van der Waals surface area contributed by atoms with Gasteiger partial charge in [0.15, 0.2) is 6.79 Å². The van der Waals surface area contributed by atoms with Crippen LogP contribution in [0.5, 0.6) is 0 Å². The zero-order valence-electron chi connectivity index (χ0n) is 9.62. The number of unbranched alkanes of at least 4 members (excludes halogenated alkanes) is 1. The first-order chi connectivity index (χ1) is 7.08. The lowest BCUT2D eigenvalue weighted by molar-refractivity contribution is -0.160. The molecule has 0 bridgehead atoms. The van der Waals surface area contributed by atoms with Crippen LogP contribution in [0.15, 0.2) is 0 Å². The third kappa shape index (κ3) is 19.3. The highest BCUT2D eigenvalue weighted by Crippen LogP contribution is 1.86. The molecule has 15 heavy (non-hydrogen) atoms. The Morgan fingerprint density at radius 3 is 2.00 bits per heavy atom. The molecule has 0 aliphatic rings. The van der Waals surface area contributed by atoms with E-state index in [9.17, 15) is 9.59 Å². The normalized spacial score (nSPS) is 8.73. The van der Waals surface area contributed by atoms with Crippen LogP contribution in [0.2, 0.25) is 0 Å². The van der Waals surface area contributed by atoms with Crippen LogP contribution < -0.4 is 0 Å². The summed E-state index contributed by atoms with van der Waals surface area (Å²) in [5, 5.41) is 8.10. The highest BCUT2D eigenvalue weighted by molar-refractivity contribution is 5.89. The van der Waals surface area contributed by atoms with Crippen LogP contribution in [0.1, 0.15) is 40.0 Å². The van der Waals surface area contributed by atoms with Gasteiger partial charge in [-0.15, -0.1) is 0 Å². The monoisotopic (exact) mass is 220 g/mol. The molecule has 0 aliphatic carbocycles. The highest BCUT2D eigenvalue weighted by atomic mass is 16.7. The van der Waals surface area contributed by atoms with E-state index in [0.29, 0.717) is 6.61 Å². The van der Waals surface area contributed by atoms with E-state index >= 15 is 0 Å². The van der Waals surface area contributed by atoms with E-state index in [1.807, 2.05) is 0 Å². The fourth-order valence-electron chi connectivity index (χ4n) is 0.365. The molecule has 0 rings (SSSR count). The van der Waals surface area contributed by atoms with E-state index < -0.39 is 18.4 Å². The van der Waals surface area contributed by atoms with E-state index in [0.717, 1.165) is 0 Å². The van der Waals surface area contributed by atoms with Crippen molar-refractivity contribution in [1.82, 2.24) is 0 Å². The smallest absolute Gasteiger partial charge is 0.319 e. The van der Waals surface area contributed by atoms with Gasteiger partial charge in [-0.25, -0.2) is 0 Å². The predicted octanol–water partition coefficient (Wildman–Crippen LogP) is 1.80. The van der Waals surface area contributed by atoms with Gasteiger partial charge in [0.05, 0.1) is 0 Å². The summed E-state index contributed by atoms with van der Waals surface area (Å²) >= 11 is 0. The molecule has 0 aromatic rings. The maximum absolute atomic E-state index is 10.4. The maximum atomic E-state index is 10.4. The first kappa shape index (κ1) is 16.3. The van der Waals surface area contributed by atoms with Crippen LogP contribution in [0.3, 0.4) is 0 Å². The van der Waals surface area contributed by atoms with Crippen LogP contribution in [0.4, 0.5) is 0 Å². The van der Waals surface area contributed by atoms with Crippen LogP contribution >= 0.6 is 0 Å². The summed E-state index contributed by atoms with van der Waals surface area (Å²) < 4.78 is 9.00. The fourth-order valence-corrected chi connectivity index (χ4v) is 0.365. The minimum Gasteiger partial charge on any atom is -0.481 e. The zero-order valence-corrected chi connectivity index (χ0v) is 9.62. The van der Waals surface area contributed by atoms with Crippen molar-refractivity contribution >= 4 is 11.9 Å². The van der Waals surface area contributed by atoms with Gasteiger partial charge in [-0.2, -0.15) is 0 Å². The Hall–Kier alpha value is -1.10. The van der Waals surface area contributed by atoms with Gasteiger partial charge in [-0.05, 0) is 6.92 Å². The summed E-state index contributed by atoms with van der Waals surface area (Å²) in [5.41, 5.74) is 0. The largest absolute Gasteiger partial charge is 0.481 e. The molecule has 0 saturated heterocycles. The second-order valence-electron chi connectivity index (χ2n) is 2.70. The van der Waals surface area contributed by atoms with Crippen LogP contribution in [0.25, 0.3) is 0 Å². The molecule has 0 aliphatic heterocycles. The number of aliphatic carboxylic acids is 1. The molecule has 0 heterocycles. The first-order valence-electron chi connectivity index (χ1n) is 5.03. The molecule has 0 spiro atoms. The SMILES string of the molecule is CCCC.CCOCOC(=O)CC(=O)O. The summed E-state index contributed by atoms with van der Waals surface area (Å²) in [6.07, 6.45) is 2.02. The molecule has 0 aromatic carbocycles. The topological polar surface area (TPSA) is 72.8 Å². The van der Waals surface area contributed by atoms with Gasteiger partial charge < -0.3 is 14.6 Å². The molecule has 0 radical (unpaired) electrons. The number of carboxylic acids is 1. The molecular weight excluding hydrogens is 200 g/mol. The molecule has 0 fully saturated rings. The molecule has 5 nitrogen and oxygen atoms in total. The van der Waals surface area contributed by atoms with Gasteiger partial charge in [0.1, 0.15) is 6.42 Å². The lowest BCUT2D eigenvalue weighted by Gasteiger charge is -2.01. The van der Waals surface area contributed by atoms with Crippen LogP contribution in [-0.2, 0) is 19.1 Å². The number of esters is 1. The summed E-state index contributed by atoms with van der Waals surface area (Å²) in [5.74, 6) is -1.99. The number of hydrogen-bond donors (Lipinski definition) is 1. The summed E-state index contributed by atoms with van der Waals surface area (Å²) in [6.45, 7) is 6.36. The minimum atomic E-state index is -1.20. The highest BCUT2D eigenvalue weighted by Gasteiger charge is 2.07. The average Bonchev–Trinajstić information content (AvgIpc) is 2.17. The van der Waals surface area contributed by atoms with Gasteiger partial charge in [0.25, 0.3) is 0 Å². The van der Waals surface area contributed by atoms with Crippen molar-refractivity contribution in [2.45, 2.75) is 40.0 Å². The Morgan fingerprint density at radius 2 is 1.67 bits per heavy atom. The van der Waals surface area contributed by atoms with Gasteiger partial charge in [-0.1, -0.05) is 26.7 Å². The molecule has 0 aromatic heterocycles.